The minimum absolute atomic E-state index is 0. The summed E-state index contributed by atoms with van der Waals surface area (Å²) in [6.07, 6.45) is 2.10. The van der Waals surface area contributed by atoms with Gasteiger partial charge in [-0.2, -0.15) is 10.4 Å². The van der Waals surface area contributed by atoms with Crippen LogP contribution in [0.15, 0.2) is 97.1 Å². The summed E-state index contributed by atoms with van der Waals surface area (Å²) in [5.41, 5.74) is 11.2. The van der Waals surface area contributed by atoms with Gasteiger partial charge in [0.2, 0.25) is 0 Å². The van der Waals surface area contributed by atoms with Crippen LogP contribution >= 0.6 is 0 Å². The monoisotopic (exact) mass is 668 g/mol. The van der Waals surface area contributed by atoms with Crippen LogP contribution in [0.4, 0.5) is 0 Å². The molecule has 0 N–H and O–H groups in total. The standard InChI is InChI=1S/C42H46Si.Zr/c1-9-29-25-35-13-11-15-37(33-21-17-31(18-22-33)27(3)4)39(35)41(29)43(7,8)42-30(10-2)26-36-14-12-16-38(40(36)42)34-23-19-32(20-24-34)28(5)6;/h11-28H,9-10H2,1-8H3;/q-2;+2. The smallest absolute Gasteiger partial charge is 0.158 e. The van der Waals surface area contributed by atoms with Gasteiger partial charge in [0.25, 0.3) is 0 Å². The Morgan fingerprint density at radius 2 is 0.909 bits per heavy atom. The average molecular weight is 670 g/mol. The molecule has 0 aliphatic rings. The van der Waals surface area contributed by atoms with Crippen molar-refractivity contribution in [1.29, 1.82) is 0 Å². The van der Waals surface area contributed by atoms with Gasteiger partial charge in [0.15, 0.2) is 0 Å². The van der Waals surface area contributed by atoms with E-state index >= 15 is 0 Å². The van der Waals surface area contributed by atoms with Crippen LogP contribution in [0.2, 0.25) is 13.1 Å². The summed E-state index contributed by atoms with van der Waals surface area (Å²) >= 11 is 0. The maximum Gasteiger partial charge on any atom is 2.00 e. The first kappa shape index (κ1) is 32.6. The number of hydrogen-bond acceptors (Lipinski definition) is 0. The van der Waals surface area contributed by atoms with Crippen LogP contribution in [-0.4, -0.2) is 8.07 Å². The molecule has 0 aromatic heterocycles. The van der Waals surface area contributed by atoms with Crippen LogP contribution in [0.3, 0.4) is 0 Å². The zero-order chi connectivity index (χ0) is 30.5. The number of aryl methyl sites for hydroxylation is 2. The molecule has 0 bridgehead atoms. The summed E-state index contributed by atoms with van der Waals surface area (Å²) in [7, 11) is -2.20. The fraction of sp³-hybridized carbons (Fsp3) is 0.286. The minimum Gasteiger partial charge on any atom is -0.158 e. The third kappa shape index (κ3) is 5.59. The maximum absolute atomic E-state index is 2.62. The Morgan fingerprint density at radius 1 is 0.545 bits per heavy atom. The molecule has 0 aliphatic carbocycles. The van der Waals surface area contributed by atoms with E-state index < -0.39 is 8.07 Å². The molecule has 0 radical (unpaired) electrons. The van der Waals surface area contributed by atoms with E-state index in [0.717, 1.165) is 12.8 Å². The van der Waals surface area contributed by atoms with E-state index in [1.807, 2.05) is 0 Å². The molecular weight excluding hydrogens is 624 g/mol. The molecule has 0 fully saturated rings. The molecule has 222 valence electrons. The molecule has 0 heterocycles. The average Bonchev–Trinajstić information content (AvgIpc) is 3.60. The van der Waals surface area contributed by atoms with Gasteiger partial charge in [0.05, 0.1) is 0 Å². The normalized spacial score (nSPS) is 12.0. The molecule has 0 nitrogen and oxygen atoms in total. The van der Waals surface area contributed by atoms with Crippen molar-refractivity contribution in [1.82, 2.24) is 0 Å². The predicted octanol–water partition coefficient (Wildman–Crippen LogP) is 11.0. The minimum atomic E-state index is -2.20. The van der Waals surface area contributed by atoms with Gasteiger partial charge < -0.3 is 0 Å². The number of benzene rings is 4. The SMILES string of the molecule is CCc1[cH-]c2cccc(-c3ccc(C(C)C)cc3)c2c1[Si](C)(C)c1c(CC)[cH-]c2cccc(-c3ccc(C(C)C)cc3)c12.[Zr+2]. The molecule has 0 spiro atoms. The van der Waals surface area contributed by atoms with E-state index in [4.69, 9.17) is 0 Å². The zero-order valence-electron chi connectivity index (χ0n) is 27.8. The largest absolute Gasteiger partial charge is 2.00 e. The molecule has 0 saturated carbocycles. The van der Waals surface area contributed by atoms with Crippen LogP contribution in [0.5, 0.6) is 0 Å². The molecule has 6 aromatic rings. The molecule has 0 amide bonds. The van der Waals surface area contributed by atoms with Crippen molar-refractivity contribution in [3.8, 4) is 22.3 Å². The van der Waals surface area contributed by atoms with E-state index in [1.165, 1.54) is 66.1 Å². The van der Waals surface area contributed by atoms with Crippen molar-refractivity contribution < 1.29 is 26.2 Å². The summed E-state index contributed by atoms with van der Waals surface area (Å²) in [4.78, 5) is 0. The van der Waals surface area contributed by atoms with Gasteiger partial charge in [-0.3, -0.25) is 0 Å². The van der Waals surface area contributed by atoms with E-state index in [9.17, 15) is 0 Å². The van der Waals surface area contributed by atoms with Gasteiger partial charge in [0.1, 0.15) is 0 Å². The first-order valence-corrected chi connectivity index (χ1v) is 19.3. The second kappa shape index (κ2) is 12.9. The number of fused-ring (bicyclic) bond motifs is 2. The quantitative estimate of drug-likeness (QED) is 0.112. The summed E-state index contributed by atoms with van der Waals surface area (Å²) in [5.74, 6) is 1.07. The topological polar surface area (TPSA) is 0 Å². The first-order chi connectivity index (χ1) is 20.6. The Bertz CT molecular complexity index is 1750. The van der Waals surface area contributed by atoms with Crippen molar-refractivity contribution in [3.05, 3.63) is 119 Å². The Hall–Kier alpha value is -2.80. The van der Waals surface area contributed by atoms with Gasteiger partial charge in [-0.25, -0.2) is 0 Å². The fourth-order valence-corrected chi connectivity index (χ4v) is 11.6. The van der Waals surface area contributed by atoms with Crippen molar-refractivity contribution >= 4 is 40.0 Å². The Labute approximate surface area is 285 Å². The maximum atomic E-state index is 2.62. The summed E-state index contributed by atoms with van der Waals surface area (Å²) in [5, 5.41) is 8.97. The van der Waals surface area contributed by atoms with Crippen LogP contribution < -0.4 is 10.4 Å². The van der Waals surface area contributed by atoms with Crippen molar-refractivity contribution in [2.45, 2.75) is 79.3 Å². The van der Waals surface area contributed by atoms with Gasteiger partial charge in [-0.1, -0.05) is 126 Å². The Morgan fingerprint density at radius 3 is 1.23 bits per heavy atom. The first-order valence-electron chi connectivity index (χ1n) is 16.3. The molecular formula is C42H46SiZr. The van der Waals surface area contributed by atoms with Crippen molar-refractivity contribution in [2.75, 3.05) is 0 Å². The van der Waals surface area contributed by atoms with Crippen LogP contribution in [0.1, 0.15) is 75.6 Å². The second-order valence-electron chi connectivity index (χ2n) is 13.5. The van der Waals surface area contributed by atoms with Crippen LogP contribution in [0, 0.1) is 0 Å². The Kier molecular flexibility index (Phi) is 9.55. The summed E-state index contributed by atoms with van der Waals surface area (Å²) < 4.78 is 0. The summed E-state index contributed by atoms with van der Waals surface area (Å²) in [6, 6.07) is 37.5. The van der Waals surface area contributed by atoms with Crippen LogP contribution in [-0.2, 0) is 39.0 Å². The third-order valence-corrected chi connectivity index (χ3v) is 13.4. The molecule has 44 heavy (non-hydrogen) atoms. The van der Waals surface area contributed by atoms with E-state index in [1.54, 1.807) is 10.4 Å². The van der Waals surface area contributed by atoms with E-state index in [2.05, 4.69) is 152 Å². The van der Waals surface area contributed by atoms with Gasteiger partial charge in [0, 0.05) is 8.07 Å². The molecule has 6 rings (SSSR count). The van der Waals surface area contributed by atoms with Gasteiger partial charge in [-0.05, 0) is 46.9 Å². The fourth-order valence-electron chi connectivity index (χ4n) is 7.47. The number of rotatable bonds is 8. The van der Waals surface area contributed by atoms with Crippen molar-refractivity contribution in [2.24, 2.45) is 0 Å². The van der Waals surface area contributed by atoms with Gasteiger partial charge in [-0.15, -0.1) is 69.1 Å². The molecule has 0 saturated heterocycles. The van der Waals surface area contributed by atoms with Gasteiger partial charge >= 0.3 is 26.2 Å². The molecule has 0 atom stereocenters. The second-order valence-corrected chi connectivity index (χ2v) is 17.8. The molecule has 0 aliphatic heterocycles. The van der Waals surface area contributed by atoms with Crippen molar-refractivity contribution in [3.63, 3.8) is 0 Å². The molecule has 0 unspecified atom stereocenters. The molecule has 6 aromatic carbocycles. The third-order valence-electron chi connectivity index (χ3n) is 9.78. The van der Waals surface area contributed by atoms with E-state index in [0.29, 0.717) is 11.8 Å². The number of hydrogen-bond donors (Lipinski definition) is 0. The Balaban J connectivity index is 0.00000384. The van der Waals surface area contributed by atoms with E-state index in [-0.39, 0.29) is 26.2 Å². The van der Waals surface area contributed by atoms with Crippen LogP contribution in [0.25, 0.3) is 43.8 Å². The summed E-state index contributed by atoms with van der Waals surface area (Å²) in [6.45, 7) is 19.0. The predicted molar refractivity (Wildman–Crippen MR) is 194 cm³/mol. The zero-order valence-corrected chi connectivity index (χ0v) is 31.3. The molecule has 2 heteroatoms.